The van der Waals surface area contributed by atoms with Gasteiger partial charge in [-0.1, -0.05) is 6.92 Å². The maximum absolute atomic E-state index is 15.1. The summed E-state index contributed by atoms with van der Waals surface area (Å²) in [6.07, 6.45) is 4.85. The SMILES string of the molecule is CCCC(=O)N1CCN(c2nc3cc(F)cc(F)c3c(Nc3cncc(N4CCOCC4)c3)c2C)CC1. The van der Waals surface area contributed by atoms with Gasteiger partial charge in [0.15, 0.2) is 0 Å². The van der Waals surface area contributed by atoms with Gasteiger partial charge < -0.3 is 24.8 Å². The smallest absolute Gasteiger partial charge is 0.222 e. The van der Waals surface area contributed by atoms with E-state index in [1.54, 1.807) is 12.4 Å². The van der Waals surface area contributed by atoms with Crippen molar-refractivity contribution in [2.45, 2.75) is 26.7 Å². The van der Waals surface area contributed by atoms with Gasteiger partial charge in [-0.05, 0) is 19.4 Å². The summed E-state index contributed by atoms with van der Waals surface area (Å²) < 4.78 is 34.8. The van der Waals surface area contributed by atoms with E-state index in [0.717, 1.165) is 36.8 Å². The summed E-state index contributed by atoms with van der Waals surface area (Å²) in [5, 5.41) is 3.60. The summed E-state index contributed by atoms with van der Waals surface area (Å²) >= 11 is 0. The number of fused-ring (bicyclic) bond motifs is 1. The molecule has 0 saturated carbocycles. The van der Waals surface area contributed by atoms with E-state index < -0.39 is 11.6 Å². The molecule has 2 aliphatic heterocycles. The van der Waals surface area contributed by atoms with Crippen molar-refractivity contribution in [2.24, 2.45) is 0 Å². The first-order valence-electron chi connectivity index (χ1n) is 12.8. The highest BCUT2D eigenvalue weighted by Gasteiger charge is 2.25. The second kappa shape index (κ2) is 10.8. The van der Waals surface area contributed by atoms with Crippen molar-refractivity contribution in [2.75, 3.05) is 67.6 Å². The number of nitrogens with zero attached hydrogens (tertiary/aromatic N) is 5. The van der Waals surface area contributed by atoms with E-state index in [-0.39, 0.29) is 16.8 Å². The van der Waals surface area contributed by atoms with Gasteiger partial charge in [0, 0.05) is 63.4 Å². The van der Waals surface area contributed by atoms with Gasteiger partial charge in [0.1, 0.15) is 17.5 Å². The number of ether oxygens (including phenoxy) is 1. The molecule has 0 atom stereocenters. The van der Waals surface area contributed by atoms with Crippen molar-refractivity contribution in [1.82, 2.24) is 14.9 Å². The van der Waals surface area contributed by atoms with E-state index >= 15 is 4.39 Å². The van der Waals surface area contributed by atoms with Crippen LogP contribution in [0.5, 0.6) is 0 Å². The Hall–Kier alpha value is -3.53. The van der Waals surface area contributed by atoms with Crippen LogP contribution >= 0.6 is 0 Å². The summed E-state index contributed by atoms with van der Waals surface area (Å²) in [6, 6.07) is 4.12. The number of benzene rings is 1. The number of hydrogen-bond acceptors (Lipinski definition) is 7. The number of piperazine rings is 1. The summed E-state index contributed by atoms with van der Waals surface area (Å²) in [7, 11) is 0. The first kappa shape index (κ1) is 25.1. The first-order valence-corrected chi connectivity index (χ1v) is 12.8. The van der Waals surface area contributed by atoms with Crippen molar-refractivity contribution in [1.29, 1.82) is 0 Å². The van der Waals surface area contributed by atoms with Gasteiger partial charge in [0.05, 0.1) is 53.6 Å². The normalized spacial score (nSPS) is 16.4. The lowest BCUT2D eigenvalue weighted by atomic mass is 10.1. The number of carbonyl (C=O) groups excluding carboxylic acids is 1. The number of anilines is 4. The fourth-order valence-corrected chi connectivity index (χ4v) is 5.03. The van der Waals surface area contributed by atoms with Crippen molar-refractivity contribution in [3.63, 3.8) is 0 Å². The fourth-order valence-electron chi connectivity index (χ4n) is 5.03. The third-order valence-electron chi connectivity index (χ3n) is 6.99. The highest BCUT2D eigenvalue weighted by molar-refractivity contribution is 5.97. The molecule has 2 saturated heterocycles. The maximum atomic E-state index is 15.1. The molecule has 196 valence electrons. The number of hydrogen-bond donors (Lipinski definition) is 1. The number of carbonyl (C=O) groups is 1. The molecule has 2 aliphatic rings. The molecule has 2 fully saturated rings. The minimum Gasteiger partial charge on any atom is -0.378 e. The molecule has 0 bridgehead atoms. The second-order valence-electron chi connectivity index (χ2n) is 9.49. The summed E-state index contributed by atoms with van der Waals surface area (Å²) in [4.78, 5) is 27.6. The van der Waals surface area contributed by atoms with Gasteiger partial charge in [-0.15, -0.1) is 0 Å². The number of pyridine rings is 2. The lowest BCUT2D eigenvalue weighted by molar-refractivity contribution is -0.131. The van der Waals surface area contributed by atoms with E-state index in [4.69, 9.17) is 4.74 Å². The number of halogens is 2. The lowest BCUT2D eigenvalue weighted by Gasteiger charge is -2.36. The van der Waals surface area contributed by atoms with Crippen molar-refractivity contribution in [3.8, 4) is 0 Å². The average Bonchev–Trinajstić information content (AvgIpc) is 2.91. The first-order chi connectivity index (χ1) is 17.9. The van der Waals surface area contributed by atoms with Gasteiger partial charge in [0.2, 0.25) is 5.91 Å². The third kappa shape index (κ3) is 5.29. The predicted octanol–water partition coefficient (Wildman–Crippen LogP) is 4.25. The third-order valence-corrected chi connectivity index (χ3v) is 6.99. The molecule has 1 N–H and O–H groups in total. The number of amides is 1. The Bertz CT molecular complexity index is 1290. The van der Waals surface area contributed by atoms with E-state index in [2.05, 4.69) is 25.1 Å². The zero-order chi connectivity index (χ0) is 25.9. The van der Waals surface area contributed by atoms with E-state index in [1.165, 1.54) is 6.07 Å². The molecule has 8 nitrogen and oxygen atoms in total. The summed E-state index contributed by atoms with van der Waals surface area (Å²) in [5.41, 5.74) is 3.17. The van der Waals surface area contributed by atoms with E-state index in [1.807, 2.05) is 24.8 Å². The molecule has 1 amide bonds. The predicted molar refractivity (Wildman–Crippen MR) is 141 cm³/mol. The Morgan fingerprint density at radius 2 is 1.78 bits per heavy atom. The van der Waals surface area contributed by atoms with Crippen LogP contribution < -0.4 is 15.1 Å². The number of morpholine rings is 1. The molecule has 4 heterocycles. The Morgan fingerprint density at radius 3 is 2.51 bits per heavy atom. The van der Waals surface area contributed by atoms with Crippen LogP contribution in [0.4, 0.5) is 31.7 Å². The van der Waals surface area contributed by atoms with Crippen LogP contribution in [-0.2, 0) is 9.53 Å². The average molecular weight is 511 g/mol. The monoisotopic (exact) mass is 510 g/mol. The second-order valence-corrected chi connectivity index (χ2v) is 9.49. The highest BCUT2D eigenvalue weighted by atomic mass is 19.1. The largest absolute Gasteiger partial charge is 0.378 e. The Kier molecular flexibility index (Phi) is 7.36. The molecule has 0 aliphatic carbocycles. The Labute approximate surface area is 215 Å². The minimum atomic E-state index is -0.677. The van der Waals surface area contributed by atoms with Crippen LogP contribution in [-0.4, -0.2) is 73.3 Å². The van der Waals surface area contributed by atoms with E-state index in [9.17, 15) is 9.18 Å². The van der Waals surface area contributed by atoms with Gasteiger partial charge in [-0.2, -0.15) is 0 Å². The topological polar surface area (TPSA) is 73.8 Å². The molecule has 2 aromatic heterocycles. The summed E-state index contributed by atoms with van der Waals surface area (Å²) in [5.74, 6) is -0.541. The van der Waals surface area contributed by atoms with Crippen LogP contribution in [0, 0.1) is 18.6 Å². The molecule has 10 heteroatoms. The zero-order valence-electron chi connectivity index (χ0n) is 21.3. The van der Waals surface area contributed by atoms with Gasteiger partial charge in [-0.3, -0.25) is 9.78 Å². The molecular formula is C27H32F2N6O2. The molecule has 0 spiro atoms. The number of aromatic nitrogens is 2. The van der Waals surface area contributed by atoms with Crippen molar-refractivity contribution < 1.29 is 18.3 Å². The van der Waals surface area contributed by atoms with Crippen LogP contribution in [0.25, 0.3) is 10.9 Å². The van der Waals surface area contributed by atoms with E-state index in [0.29, 0.717) is 63.0 Å². The number of rotatable bonds is 6. The Morgan fingerprint density at radius 1 is 1.03 bits per heavy atom. The molecule has 0 unspecified atom stereocenters. The molecule has 3 aromatic rings. The quantitative estimate of drug-likeness (QED) is 0.532. The molecular weight excluding hydrogens is 478 g/mol. The van der Waals surface area contributed by atoms with Crippen LogP contribution in [0.2, 0.25) is 0 Å². The minimum absolute atomic E-state index is 0.157. The molecule has 0 radical (unpaired) electrons. The van der Waals surface area contributed by atoms with Gasteiger partial charge in [0.25, 0.3) is 0 Å². The standard InChI is InChI=1S/C27H32F2N6O2/c1-3-4-24(36)34-5-7-35(8-6-34)27-18(2)26(25-22(29)13-19(28)14-23(25)32-27)31-20-15-21(17-30-16-20)33-9-11-37-12-10-33/h13-17H,3-12H2,1-2H3,(H,31,32). The molecule has 1 aromatic carbocycles. The van der Waals surface area contributed by atoms with Crippen LogP contribution in [0.3, 0.4) is 0 Å². The van der Waals surface area contributed by atoms with Gasteiger partial charge in [-0.25, -0.2) is 13.8 Å². The summed E-state index contributed by atoms with van der Waals surface area (Å²) in [6.45, 7) is 9.11. The van der Waals surface area contributed by atoms with Crippen molar-refractivity contribution >= 4 is 39.7 Å². The molecule has 5 rings (SSSR count). The van der Waals surface area contributed by atoms with Crippen LogP contribution in [0.15, 0.2) is 30.6 Å². The fraction of sp³-hybridized carbons (Fsp3) is 0.444. The number of nitrogens with one attached hydrogen (secondary N) is 1. The van der Waals surface area contributed by atoms with Crippen molar-refractivity contribution in [3.05, 3.63) is 47.8 Å². The zero-order valence-corrected chi connectivity index (χ0v) is 21.3. The maximum Gasteiger partial charge on any atom is 0.222 e. The van der Waals surface area contributed by atoms with Crippen LogP contribution in [0.1, 0.15) is 25.3 Å². The lowest BCUT2D eigenvalue weighted by Crippen LogP contribution is -2.49. The Balaban J connectivity index is 1.49. The highest BCUT2D eigenvalue weighted by Crippen LogP contribution is 2.37. The van der Waals surface area contributed by atoms with Gasteiger partial charge >= 0.3 is 0 Å². The molecule has 37 heavy (non-hydrogen) atoms.